The van der Waals surface area contributed by atoms with Gasteiger partial charge < -0.3 is 11.1 Å². The van der Waals surface area contributed by atoms with Gasteiger partial charge >= 0.3 is 6.18 Å². The quantitative estimate of drug-likeness (QED) is 0.683. The smallest absolute Gasteiger partial charge is 0.366 e. The Morgan fingerprint density at radius 3 is 2.18 bits per heavy atom. The number of carbonyl (C=O) groups is 2. The normalized spacial score (nSPS) is 11.1. The molecule has 0 unspecified atom stereocenters. The summed E-state index contributed by atoms with van der Waals surface area (Å²) < 4.78 is 38.3. The molecule has 0 radical (unpaired) electrons. The van der Waals surface area contributed by atoms with Gasteiger partial charge in [-0.3, -0.25) is 9.59 Å². The van der Waals surface area contributed by atoms with Gasteiger partial charge in [-0.05, 0) is 47.5 Å². The molecule has 3 aromatic rings. The Morgan fingerprint density at radius 2 is 1.54 bits per heavy atom. The Morgan fingerprint density at radius 1 is 0.857 bits per heavy atom. The molecule has 3 aromatic carbocycles. The molecule has 0 saturated heterocycles. The third kappa shape index (κ3) is 4.20. The van der Waals surface area contributed by atoms with Gasteiger partial charge in [-0.2, -0.15) is 13.2 Å². The molecule has 0 aliphatic carbocycles. The minimum atomic E-state index is -4.43. The zero-order valence-electron chi connectivity index (χ0n) is 14.5. The monoisotopic (exact) mass is 384 g/mol. The van der Waals surface area contributed by atoms with Crippen molar-refractivity contribution in [2.75, 3.05) is 5.32 Å². The van der Waals surface area contributed by atoms with Gasteiger partial charge in [0.15, 0.2) is 0 Å². The highest BCUT2D eigenvalue weighted by atomic mass is 19.4. The molecule has 0 atom stereocenters. The molecule has 2 amide bonds. The van der Waals surface area contributed by atoms with Crippen molar-refractivity contribution in [1.82, 2.24) is 0 Å². The second kappa shape index (κ2) is 7.56. The lowest BCUT2D eigenvalue weighted by Gasteiger charge is -2.12. The van der Waals surface area contributed by atoms with Gasteiger partial charge in [0.1, 0.15) is 0 Å². The van der Waals surface area contributed by atoms with Crippen LogP contribution in [-0.2, 0) is 6.18 Å². The van der Waals surface area contributed by atoms with Crippen molar-refractivity contribution in [2.24, 2.45) is 5.73 Å². The first-order valence-electron chi connectivity index (χ1n) is 8.23. The number of carbonyl (C=O) groups excluding carboxylic acids is 2. The highest BCUT2D eigenvalue weighted by Crippen LogP contribution is 2.32. The van der Waals surface area contributed by atoms with E-state index >= 15 is 0 Å². The predicted octanol–water partition coefficient (Wildman–Crippen LogP) is 4.72. The summed E-state index contributed by atoms with van der Waals surface area (Å²) in [4.78, 5) is 24.0. The van der Waals surface area contributed by atoms with Crippen LogP contribution in [0.25, 0.3) is 11.1 Å². The molecule has 28 heavy (non-hydrogen) atoms. The van der Waals surface area contributed by atoms with Crippen LogP contribution in [0.3, 0.4) is 0 Å². The molecule has 142 valence electrons. The second-order valence-electron chi connectivity index (χ2n) is 6.02. The largest absolute Gasteiger partial charge is 0.416 e. The van der Waals surface area contributed by atoms with Crippen LogP contribution in [-0.4, -0.2) is 11.8 Å². The molecular formula is C21H15F3N2O2. The molecule has 0 fully saturated rings. The van der Waals surface area contributed by atoms with Crippen molar-refractivity contribution in [3.8, 4) is 11.1 Å². The molecule has 0 aliphatic heterocycles. The van der Waals surface area contributed by atoms with Gasteiger partial charge in [-0.15, -0.1) is 0 Å². The summed E-state index contributed by atoms with van der Waals surface area (Å²) in [5, 5.41) is 2.67. The Labute approximate surface area is 158 Å². The van der Waals surface area contributed by atoms with Gasteiger partial charge in [-0.1, -0.05) is 36.4 Å². The maximum absolute atomic E-state index is 12.8. The van der Waals surface area contributed by atoms with Gasteiger partial charge in [0.25, 0.3) is 5.91 Å². The fourth-order valence-corrected chi connectivity index (χ4v) is 2.72. The number of anilines is 1. The highest BCUT2D eigenvalue weighted by Gasteiger charge is 2.30. The van der Waals surface area contributed by atoms with Crippen molar-refractivity contribution in [3.05, 3.63) is 89.5 Å². The van der Waals surface area contributed by atoms with Gasteiger partial charge in [0, 0.05) is 16.8 Å². The molecule has 0 heterocycles. The molecule has 3 N–H and O–H groups in total. The zero-order valence-corrected chi connectivity index (χ0v) is 14.5. The number of benzene rings is 3. The summed E-state index contributed by atoms with van der Waals surface area (Å²) in [6.07, 6.45) is -4.43. The molecular weight excluding hydrogens is 369 g/mol. The van der Waals surface area contributed by atoms with Gasteiger partial charge in [0.05, 0.1) is 5.56 Å². The van der Waals surface area contributed by atoms with E-state index in [4.69, 9.17) is 5.73 Å². The number of hydrogen-bond acceptors (Lipinski definition) is 2. The summed E-state index contributed by atoms with van der Waals surface area (Å²) in [7, 11) is 0. The number of primary amides is 1. The van der Waals surface area contributed by atoms with E-state index in [1.807, 2.05) is 0 Å². The van der Waals surface area contributed by atoms with E-state index in [1.54, 1.807) is 36.4 Å². The number of amides is 2. The van der Waals surface area contributed by atoms with E-state index in [1.165, 1.54) is 24.3 Å². The van der Waals surface area contributed by atoms with Crippen molar-refractivity contribution in [1.29, 1.82) is 0 Å². The predicted molar refractivity (Wildman–Crippen MR) is 99.8 cm³/mol. The average molecular weight is 384 g/mol. The first-order chi connectivity index (χ1) is 13.3. The molecule has 0 spiro atoms. The lowest BCUT2D eigenvalue weighted by molar-refractivity contribution is -0.137. The Bertz CT molecular complexity index is 1030. The Balaban J connectivity index is 1.91. The zero-order chi connectivity index (χ0) is 20.3. The van der Waals surface area contributed by atoms with Gasteiger partial charge in [-0.25, -0.2) is 0 Å². The Kier molecular flexibility index (Phi) is 5.17. The van der Waals surface area contributed by atoms with Crippen LogP contribution in [0, 0.1) is 0 Å². The lowest BCUT2D eigenvalue weighted by atomic mass is 9.98. The number of nitrogens with one attached hydrogen (secondary N) is 1. The molecule has 0 bridgehead atoms. The molecule has 7 heteroatoms. The minimum Gasteiger partial charge on any atom is -0.366 e. The van der Waals surface area contributed by atoms with E-state index in [0.717, 1.165) is 12.1 Å². The molecule has 0 aromatic heterocycles. The van der Waals surface area contributed by atoms with Crippen LogP contribution in [0.15, 0.2) is 72.8 Å². The van der Waals surface area contributed by atoms with Crippen LogP contribution >= 0.6 is 0 Å². The second-order valence-corrected chi connectivity index (χ2v) is 6.02. The summed E-state index contributed by atoms with van der Waals surface area (Å²) in [6.45, 7) is 0. The standard InChI is InChI=1S/C21H15F3N2O2/c22-21(23,24)15-10-8-13(9-11-15)17-6-1-2-7-18(17)20(28)26-16-5-3-4-14(12-16)19(25)27/h1-12H,(H2,25,27)(H,26,28). The van der Waals surface area contributed by atoms with Crippen molar-refractivity contribution in [3.63, 3.8) is 0 Å². The summed E-state index contributed by atoms with van der Waals surface area (Å²) >= 11 is 0. The number of rotatable bonds is 4. The molecule has 0 saturated carbocycles. The SMILES string of the molecule is NC(=O)c1cccc(NC(=O)c2ccccc2-c2ccc(C(F)(F)F)cc2)c1. The first-order valence-corrected chi connectivity index (χ1v) is 8.23. The average Bonchev–Trinajstić information content (AvgIpc) is 2.67. The van der Waals surface area contributed by atoms with Crippen LogP contribution in [0.4, 0.5) is 18.9 Å². The third-order valence-electron chi connectivity index (χ3n) is 4.10. The third-order valence-corrected chi connectivity index (χ3v) is 4.10. The fraction of sp³-hybridized carbons (Fsp3) is 0.0476. The summed E-state index contributed by atoms with van der Waals surface area (Å²) in [5.74, 6) is -1.08. The van der Waals surface area contributed by atoms with Crippen LogP contribution in [0.5, 0.6) is 0 Å². The highest BCUT2D eigenvalue weighted by molar-refractivity contribution is 6.09. The maximum atomic E-state index is 12.8. The number of alkyl halides is 3. The van der Waals surface area contributed by atoms with E-state index in [0.29, 0.717) is 16.8 Å². The number of halogens is 3. The van der Waals surface area contributed by atoms with E-state index in [9.17, 15) is 22.8 Å². The topological polar surface area (TPSA) is 72.2 Å². The van der Waals surface area contributed by atoms with Crippen molar-refractivity contribution in [2.45, 2.75) is 6.18 Å². The van der Waals surface area contributed by atoms with E-state index in [-0.39, 0.29) is 11.1 Å². The van der Waals surface area contributed by atoms with Crippen molar-refractivity contribution >= 4 is 17.5 Å². The maximum Gasteiger partial charge on any atom is 0.416 e. The van der Waals surface area contributed by atoms with Gasteiger partial charge in [0.2, 0.25) is 5.91 Å². The summed E-state index contributed by atoms with van der Waals surface area (Å²) in [5.41, 5.74) is 6.34. The molecule has 3 rings (SSSR count). The Hall–Kier alpha value is -3.61. The number of nitrogens with two attached hydrogens (primary N) is 1. The van der Waals surface area contributed by atoms with E-state index < -0.39 is 23.6 Å². The lowest BCUT2D eigenvalue weighted by Crippen LogP contribution is -2.15. The van der Waals surface area contributed by atoms with Crippen LogP contribution in [0.1, 0.15) is 26.3 Å². The van der Waals surface area contributed by atoms with Crippen LogP contribution < -0.4 is 11.1 Å². The first kappa shape index (κ1) is 19.2. The molecule has 0 aliphatic rings. The van der Waals surface area contributed by atoms with Crippen LogP contribution in [0.2, 0.25) is 0 Å². The number of hydrogen-bond donors (Lipinski definition) is 2. The fourth-order valence-electron chi connectivity index (χ4n) is 2.72. The minimum absolute atomic E-state index is 0.244. The van der Waals surface area contributed by atoms with Crippen molar-refractivity contribution < 1.29 is 22.8 Å². The molecule has 4 nitrogen and oxygen atoms in total. The summed E-state index contributed by atoms with van der Waals surface area (Å²) in [6, 6.07) is 17.3. The van der Waals surface area contributed by atoms with E-state index in [2.05, 4.69) is 5.32 Å².